The van der Waals surface area contributed by atoms with Gasteiger partial charge in [-0.15, -0.1) is 5.54 Å². The Hall–Kier alpha value is -4.51. The van der Waals surface area contributed by atoms with Crippen LogP contribution in [0, 0.1) is 17.3 Å². The lowest BCUT2D eigenvalue weighted by Gasteiger charge is -2.40. The molecular weight excluding hydrogens is 752 g/mol. The molecule has 6 heterocycles. The Morgan fingerprint density at radius 1 is 0.983 bits per heavy atom. The van der Waals surface area contributed by atoms with Gasteiger partial charge in [-0.3, -0.25) is 14.8 Å². The second-order valence-electron chi connectivity index (χ2n) is 17.8. The topological polar surface area (TPSA) is 113 Å². The summed E-state index contributed by atoms with van der Waals surface area (Å²) < 4.78 is 34.1. The number of carbonyl (C=O) groups is 1. The molecule has 4 saturated heterocycles. The summed E-state index contributed by atoms with van der Waals surface area (Å²) in [7, 11) is -0.633. The van der Waals surface area contributed by atoms with Crippen LogP contribution in [0.3, 0.4) is 0 Å². The average molecular weight is 809 g/mol. The van der Waals surface area contributed by atoms with Crippen LogP contribution in [-0.4, -0.2) is 108 Å². The summed E-state index contributed by atoms with van der Waals surface area (Å²) in [6.45, 7) is 17.3. The first-order valence-corrected chi connectivity index (χ1v) is 23.3. The highest BCUT2D eigenvalue weighted by Gasteiger charge is 2.46. The Labute approximate surface area is 342 Å². The molecule has 4 aliphatic rings. The zero-order valence-corrected chi connectivity index (χ0v) is 36.0. The molecule has 1 amide bonds. The summed E-state index contributed by atoms with van der Waals surface area (Å²) in [5.41, 5.74) is 7.89. The molecule has 2 aromatic heterocycles. The Balaban J connectivity index is 1.28. The number of anilines is 1. The Morgan fingerprint density at radius 2 is 1.67 bits per heavy atom. The van der Waals surface area contributed by atoms with Crippen molar-refractivity contribution < 1.29 is 28.5 Å². The number of halogens is 1. The van der Waals surface area contributed by atoms with Gasteiger partial charge in [0.15, 0.2) is 12.6 Å². The fraction of sp³-hybridized carbons (Fsp3) is 0.556. The normalized spacial score (nSPS) is 20.4. The molecule has 0 unspecified atom stereocenters. The number of amides is 1. The highest BCUT2D eigenvalue weighted by Crippen LogP contribution is 2.43. The highest BCUT2D eigenvalue weighted by atomic mass is 28.3. The van der Waals surface area contributed by atoms with Crippen LogP contribution in [0.2, 0.25) is 16.6 Å². The van der Waals surface area contributed by atoms with Crippen molar-refractivity contribution in [3.63, 3.8) is 0 Å². The number of pyridine rings is 1. The average Bonchev–Trinajstić information content (AvgIpc) is 3.86. The Bertz CT molecular complexity index is 2230. The lowest BCUT2D eigenvalue weighted by Crippen LogP contribution is -2.55. The van der Waals surface area contributed by atoms with E-state index in [-0.39, 0.29) is 36.2 Å². The first-order valence-electron chi connectivity index (χ1n) is 21.1. The largest absolute Gasteiger partial charge is 0.468 e. The van der Waals surface area contributed by atoms with Crippen LogP contribution in [0.25, 0.3) is 32.9 Å². The number of nitrogens with zero attached hydrogens (tertiary/aromatic N) is 6. The van der Waals surface area contributed by atoms with Gasteiger partial charge in [-0.2, -0.15) is 9.97 Å². The third-order valence-electron chi connectivity index (χ3n) is 13.7. The van der Waals surface area contributed by atoms with Crippen LogP contribution in [0.5, 0.6) is 11.8 Å². The Morgan fingerprint density at radius 3 is 2.31 bits per heavy atom. The van der Waals surface area contributed by atoms with Crippen LogP contribution in [0.4, 0.5) is 15.0 Å². The molecule has 2 atom stereocenters. The van der Waals surface area contributed by atoms with Crippen LogP contribution in [0.1, 0.15) is 85.6 Å². The maximum atomic E-state index is 16.3. The maximum Gasteiger partial charge on any atom is 0.407 e. The van der Waals surface area contributed by atoms with Gasteiger partial charge in [-0.05, 0) is 103 Å². The van der Waals surface area contributed by atoms with E-state index in [0.717, 1.165) is 68.1 Å². The molecule has 2 bridgehead atoms. The van der Waals surface area contributed by atoms with E-state index in [1.54, 1.807) is 24.3 Å². The lowest BCUT2D eigenvalue weighted by atomic mass is 9.94. The van der Waals surface area contributed by atoms with Gasteiger partial charge in [-0.1, -0.05) is 53.5 Å². The van der Waals surface area contributed by atoms with E-state index in [2.05, 4.69) is 62.8 Å². The van der Waals surface area contributed by atoms with E-state index in [9.17, 15) is 9.90 Å². The molecule has 4 aliphatic heterocycles. The number of piperazine rings is 1. The molecule has 0 radical (unpaired) electrons. The minimum Gasteiger partial charge on any atom is -0.468 e. The van der Waals surface area contributed by atoms with Crippen molar-refractivity contribution in [3.8, 4) is 34.4 Å². The van der Waals surface area contributed by atoms with Gasteiger partial charge >= 0.3 is 12.1 Å². The van der Waals surface area contributed by atoms with Crippen LogP contribution in [0.15, 0.2) is 36.5 Å². The molecule has 1 N–H and O–H groups in total. The number of hydrogen-bond acceptors (Lipinski definition) is 9. The quantitative estimate of drug-likeness (QED) is 0.0896. The van der Waals surface area contributed by atoms with Crippen LogP contribution < -0.4 is 14.4 Å². The number of aromatic nitrogens is 3. The van der Waals surface area contributed by atoms with E-state index in [4.69, 9.17) is 29.2 Å². The van der Waals surface area contributed by atoms with Gasteiger partial charge in [0.2, 0.25) is 0 Å². The molecule has 11 nitrogen and oxygen atoms in total. The van der Waals surface area contributed by atoms with E-state index in [1.165, 1.54) is 6.07 Å². The second-order valence-corrected chi connectivity index (χ2v) is 23.4. The molecule has 0 aliphatic carbocycles. The second kappa shape index (κ2) is 15.9. The van der Waals surface area contributed by atoms with Gasteiger partial charge in [0.25, 0.3) is 0 Å². The molecule has 2 aromatic carbocycles. The van der Waals surface area contributed by atoms with Gasteiger partial charge in [0.1, 0.15) is 31.8 Å². The first kappa shape index (κ1) is 40.3. The number of methoxy groups -OCH3 is 1. The zero-order valence-electron chi connectivity index (χ0n) is 35.0. The number of fused-ring (bicyclic) bond motifs is 5. The minimum atomic E-state index is -2.21. The summed E-state index contributed by atoms with van der Waals surface area (Å²) in [5.74, 6) is 4.28. The smallest absolute Gasteiger partial charge is 0.407 e. The van der Waals surface area contributed by atoms with Crippen molar-refractivity contribution in [3.05, 3.63) is 47.9 Å². The number of rotatable bonds is 11. The standard InChI is InChI=1S/C45H57FN6O5Si/c1-28(2)58(29(3)4,30(5)6)19-14-36-38(46)13-10-31-20-35(57-27-55-7)22-37(40(31)36)32-21-39-41(47-23-32)42(50-24-33-11-12-34(25-50)52(33)44(53)54)49-43(48-39)56-26-45-15-8-17-51(45)18-9-16-45/h10,13,20-23,28-30,33-34H,8-9,11-12,15-18,24-27H2,1-7H3,(H,53,54)/t33-,34+. The zero-order chi connectivity index (χ0) is 40.9. The van der Waals surface area contributed by atoms with Crippen molar-refractivity contribution in [2.75, 3.05) is 51.6 Å². The molecule has 13 heteroatoms. The van der Waals surface area contributed by atoms with E-state index < -0.39 is 14.2 Å². The summed E-state index contributed by atoms with van der Waals surface area (Å²) >= 11 is 0. The molecular formula is C45H57FN6O5Si. The summed E-state index contributed by atoms with van der Waals surface area (Å²) in [4.78, 5) is 33.6. The van der Waals surface area contributed by atoms with E-state index in [1.807, 2.05) is 18.2 Å². The number of carboxylic acid groups (broad SMARTS) is 1. The molecule has 4 fully saturated rings. The monoisotopic (exact) mass is 808 g/mol. The molecule has 4 aromatic rings. The van der Waals surface area contributed by atoms with Gasteiger partial charge in [0.05, 0.1) is 28.7 Å². The third-order valence-corrected chi connectivity index (χ3v) is 20.0. The number of benzene rings is 2. The fourth-order valence-corrected chi connectivity index (χ4v) is 16.2. The van der Waals surface area contributed by atoms with Crippen LogP contribution in [-0.2, 0) is 4.74 Å². The van der Waals surface area contributed by atoms with E-state index >= 15 is 4.39 Å². The molecule has 308 valence electrons. The van der Waals surface area contributed by atoms with Crippen molar-refractivity contribution in [2.24, 2.45) is 0 Å². The summed E-state index contributed by atoms with van der Waals surface area (Å²) in [6, 6.07) is 9.07. The maximum absolute atomic E-state index is 16.3. The third kappa shape index (κ3) is 7.04. The molecule has 8 rings (SSSR count). The predicted octanol–water partition coefficient (Wildman–Crippen LogP) is 8.87. The molecule has 0 spiro atoms. The predicted molar refractivity (Wildman–Crippen MR) is 228 cm³/mol. The van der Waals surface area contributed by atoms with Crippen LogP contribution >= 0.6 is 0 Å². The van der Waals surface area contributed by atoms with Crippen molar-refractivity contribution >= 4 is 41.8 Å². The van der Waals surface area contributed by atoms with Gasteiger partial charge in [0, 0.05) is 37.3 Å². The van der Waals surface area contributed by atoms with Crippen molar-refractivity contribution in [1.82, 2.24) is 24.8 Å². The lowest BCUT2D eigenvalue weighted by molar-refractivity contribution is 0.0512. The van der Waals surface area contributed by atoms with Gasteiger partial charge < -0.3 is 24.2 Å². The molecule has 58 heavy (non-hydrogen) atoms. The summed E-state index contributed by atoms with van der Waals surface area (Å²) in [6.07, 6.45) is 7.01. The first-order chi connectivity index (χ1) is 27.8. The highest BCUT2D eigenvalue weighted by molar-refractivity contribution is 6.90. The van der Waals surface area contributed by atoms with Crippen molar-refractivity contribution in [2.45, 2.75) is 114 Å². The number of ether oxygens (including phenoxy) is 3. The SMILES string of the molecule is COCOc1cc(-c2cnc3c(N4C[C@H]5CC[C@@H](C4)N5C(=O)O)nc(OCC45CCCN4CCC5)nc3c2)c2c(C#C[Si](C(C)C)(C(C)C)C(C)C)c(F)ccc2c1. The molecule has 0 saturated carbocycles. The number of hydrogen-bond donors (Lipinski definition) is 1. The van der Waals surface area contributed by atoms with Crippen molar-refractivity contribution in [1.29, 1.82) is 0 Å². The minimum absolute atomic E-state index is 0.00494. The fourth-order valence-electron chi connectivity index (χ4n) is 11.0. The van der Waals surface area contributed by atoms with Gasteiger partial charge in [-0.25, -0.2) is 9.18 Å². The Kier molecular flexibility index (Phi) is 11.1. The van der Waals surface area contributed by atoms with E-state index in [0.29, 0.717) is 69.9 Å². The summed E-state index contributed by atoms with van der Waals surface area (Å²) in [5, 5.41) is 11.5.